The minimum atomic E-state index is -1.17. The quantitative estimate of drug-likeness (QED) is 0.275. The van der Waals surface area contributed by atoms with Gasteiger partial charge >= 0.3 is 5.97 Å². The smallest absolute Gasteiger partial charge is 0.322 e. The van der Waals surface area contributed by atoms with Gasteiger partial charge in [0.2, 0.25) is 5.91 Å². The van der Waals surface area contributed by atoms with Crippen LogP contribution in [0.3, 0.4) is 0 Å². The molecule has 9 nitrogen and oxygen atoms in total. The SMILES string of the molecule is CC(C)(NC(=N)N)c1c(O)cc(CC(=O)NCC(=O)O)cc1O. The monoisotopic (exact) mass is 324 g/mol. The summed E-state index contributed by atoms with van der Waals surface area (Å²) in [4.78, 5) is 22.0. The Morgan fingerprint density at radius 3 is 2.22 bits per heavy atom. The van der Waals surface area contributed by atoms with Crippen molar-refractivity contribution in [1.29, 1.82) is 5.41 Å². The second-order valence-electron chi connectivity index (χ2n) is 5.52. The third-order valence-electron chi connectivity index (χ3n) is 3.03. The van der Waals surface area contributed by atoms with E-state index in [-0.39, 0.29) is 29.4 Å². The maximum Gasteiger partial charge on any atom is 0.322 e. The summed E-state index contributed by atoms with van der Waals surface area (Å²) in [6, 6.07) is 2.58. The van der Waals surface area contributed by atoms with Crippen molar-refractivity contribution < 1.29 is 24.9 Å². The normalized spacial score (nSPS) is 10.9. The fourth-order valence-electron chi connectivity index (χ4n) is 2.23. The first-order valence-electron chi connectivity index (χ1n) is 6.69. The fraction of sp³-hybridized carbons (Fsp3) is 0.357. The van der Waals surface area contributed by atoms with Gasteiger partial charge < -0.3 is 31.7 Å². The minimum Gasteiger partial charge on any atom is -0.507 e. The van der Waals surface area contributed by atoms with Crippen molar-refractivity contribution in [2.24, 2.45) is 5.73 Å². The second-order valence-corrected chi connectivity index (χ2v) is 5.52. The third-order valence-corrected chi connectivity index (χ3v) is 3.03. The van der Waals surface area contributed by atoms with Gasteiger partial charge in [-0.3, -0.25) is 15.0 Å². The van der Waals surface area contributed by atoms with Crippen LogP contribution in [0.1, 0.15) is 25.0 Å². The largest absolute Gasteiger partial charge is 0.507 e. The van der Waals surface area contributed by atoms with Crippen molar-refractivity contribution in [2.45, 2.75) is 25.8 Å². The van der Waals surface area contributed by atoms with Gasteiger partial charge in [-0.05, 0) is 31.5 Å². The highest BCUT2D eigenvalue weighted by molar-refractivity contribution is 5.83. The average Bonchev–Trinajstić information content (AvgIpc) is 2.33. The maximum absolute atomic E-state index is 11.6. The number of carboxylic acids is 1. The molecule has 0 aliphatic heterocycles. The lowest BCUT2D eigenvalue weighted by atomic mass is 9.91. The van der Waals surface area contributed by atoms with E-state index >= 15 is 0 Å². The molecule has 0 heterocycles. The number of hydrogen-bond donors (Lipinski definition) is 7. The molecule has 0 saturated heterocycles. The summed E-state index contributed by atoms with van der Waals surface area (Å²) in [5.74, 6) is -2.60. The third kappa shape index (κ3) is 5.06. The first-order chi connectivity index (χ1) is 10.5. The van der Waals surface area contributed by atoms with E-state index in [2.05, 4.69) is 10.6 Å². The van der Waals surface area contributed by atoms with Gasteiger partial charge in [-0.15, -0.1) is 0 Å². The molecule has 0 bridgehead atoms. The van der Waals surface area contributed by atoms with Gasteiger partial charge in [0.1, 0.15) is 18.0 Å². The van der Waals surface area contributed by atoms with Crippen LogP contribution in [0, 0.1) is 5.41 Å². The number of hydrogen-bond acceptors (Lipinski definition) is 5. The molecule has 0 unspecified atom stereocenters. The Morgan fingerprint density at radius 2 is 1.78 bits per heavy atom. The minimum absolute atomic E-state index is 0.127. The van der Waals surface area contributed by atoms with Crippen molar-refractivity contribution in [1.82, 2.24) is 10.6 Å². The molecule has 0 saturated carbocycles. The summed E-state index contributed by atoms with van der Waals surface area (Å²) < 4.78 is 0. The van der Waals surface area contributed by atoms with Crippen LogP contribution in [0.4, 0.5) is 0 Å². The van der Waals surface area contributed by atoms with Crippen LogP contribution < -0.4 is 16.4 Å². The second kappa shape index (κ2) is 6.86. The van der Waals surface area contributed by atoms with Crippen molar-refractivity contribution in [2.75, 3.05) is 6.54 Å². The Morgan fingerprint density at radius 1 is 1.26 bits per heavy atom. The zero-order valence-electron chi connectivity index (χ0n) is 12.8. The van der Waals surface area contributed by atoms with E-state index in [0.29, 0.717) is 5.56 Å². The molecule has 1 aromatic rings. The average molecular weight is 324 g/mol. The van der Waals surface area contributed by atoms with Gasteiger partial charge in [-0.25, -0.2) is 0 Å². The standard InChI is InChI=1S/C14H20N4O5/c1-14(2,18-13(15)16)12-8(19)3-7(4-9(12)20)5-10(21)17-6-11(22)23/h3-4,19-20H,5-6H2,1-2H3,(H,17,21)(H,22,23)(H4,15,16,18). The van der Waals surface area contributed by atoms with E-state index in [0.717, 1.165) is 0 Å². The Bertz CT molecular complexity index is 619. The summed E-state index contributed by atoms with van der Waals surface area (Å²) in [7, 11) is 0. The molecule has 0 aliphatic rings. The molecule has 1 aromatic carbocycles. The zero-order chi connectivity index (χ0) is 17.8. The number of nitrogens with one attached hydrogen (secondary N) is 3. The number of benzene rings is 1. The molecule has 0 aliphatic carbocycles. The van der Waals surface area contributed by atoms with Gasteiger partial charge in [-0.1, -0.05) is 0 Å². The number of amides is 1. The molecule has 1 amide bonds. The summed E-state index contributed by atoms with van der Waals surface area (Å²) >= 11 is 0. The van der Waals surface area contributed by atoms with Crippen LogP contribution in [0.25, 0.3) is 0 Å². The Kier molecular flexibility index (Phi) is 5.39. The highest BCUT2D eigenvalue weighted by Crippen LogP contribution is 2.37. The molecule has 9 heteroatoms. The van der Waals surface area contributed by atoms with Crippen LogP contribution in [0.5, 0.6) is 11.5 Å². The molecular formula is C14H20N4O5. The van der Waals surface area contributed by atoms with Gasteiger partial charge in [0, 0.05) is 0 Å². The van der Waals surface area contributed by atoms with Gasteiger partial charge in [-0.2, -0.15) is 0 Å². The summed E-state index contributed by atoms with van der Waals surface area (Å²) in [5.41, 5.74) is 4.71. The van der Waals surface area contributed by atoms with Crippen molar-refractivity contribution in [3.05, 3.63) is 23.3 Å². The molecule has 0 atom stereocenters. The summed E-state index contributed by atoms with van der Waals surface area (Å²) in [6.45, 7) is 2.72. The lowest BCUT2D eigenvalue weighted by molar-refractivity contribution is -0.137. The van der Waals surface area contributed by atoms with Gasteiger partial charge in [0.05, 0.1) is 17.5 Å². The van der Waals surface area contributed by atoms with Gasteiger partial charge in [0.15, 0.2) is 5.96 Å². The van der Waals surface area contributed by atoms with Crippen molar-refractivity contribution >= 4 is 17.8 Å². The van der Waals surface area contributed by atoms with Crippen LogP contribution >= 0.6 is 0 Å². The van der Waals surface area contributed by atoms with E-state index in [1.165, 1.54) is 12.1 Å². The number of aliphatic carboxylic acids is 1. The number of carbonyl (C=O) groups is 2. The molecule has 23 heavy (non-hydrogen) atoms. The Balaban J connectivity index is 2.99. The fourth-order valence-corrected chi connectivity index (χ4v) is 2.23. The topological polar surface area (TPSA) is 169 Å². The number of nitrogens with two attached hydrogens (primary N) is 1. The van der Waals surface area contributed by atoms with Crippen molar-refractivity contribution in [3.63, 3.8) is 0 Å². The van der Waals surface area contributed by atoms with Crippen LogP contribution in [0.15, 0.2) is 12.1 Å². The lowest BCUT2D eigenvalue weighted by Crippen LogP contribution is -2.44. The van der Waals surface area contributed by atoms with Crippen LogP contribution in [0.2, 0.25) is 0 Å². The first-order valence-corrected chi connectivity index (χ1v) is 6.69. The molecule has 1 rings (SSSR count). The number of guanidine groups is 1. The Hall–Kier alpha value is -2.97. The number of rotatable bonds is 6. The van der Waals surface area contributed by atoms with E-state index in [1.54, 1.807) is 13.8 Å². The van der Waals surface area contributed by atoms with Crippen LogP contribution in [-0.2, 0) is 21.5 Å². The van der Waals surface area contributed by atoms with Crippen LogP contribution in [-0.4, -0.2) is 39.7 Å². The molecular weight excluding hydrogens is 304 g/mol. The predicted octanol–water partition coefficient (Wildman–Crippen LogP) is -0.441. The lowest BCUT2D eigenvalue weighted by Gasteiger charge is -2.28. The molecule has 0 fully saturated rings. The van der Waals surface area contributed by atoms with Gasteiger partial charge in [0.25, 0.3) is 0 Å². The van der Waals surface area contributed by atoms with E-state index in [1.807, 2.05) is 0 Å². The van der Waals surface area contributed by atoms with E-state index < -0.39 is 24.0 Å². The first kappa shape index (κ1) is 18.1. The summed E-state index contributed by atoms with van der Waals surface area (Å²) in [6.07, 6.45) is -0.199. The molecule has 8 N–H and O–H groups in total. The maximum atomic E-state index is 11.6. The molecule has 0 radical (unpaired) electrons. The molecule has 0 spiro atoms. The number of phenolic OH excluding ortho intramolecular Hbond substituents is 2. The number of carboxylic acid groups (broad SMARTS) is 1. The predicted molar refractivity (Wildman–Crippen MR) is 82.2 cm³/mol. The van der Waals surface area contributed by atoms with Crippen molar-refractivity contribution in [3.8, 4) is 11.5 Å². The molecule has 0 aromatic heterocycles. The van der Waals surface area contributed by atoms with E-state index in [9.17, 15) is 19.8 Å². The number of carbonyl (C=O) groups excluding carboxylic acids is 1. The number of phenols is 2. The zero-order valence-corrected chi connectivity index (χ0v) is 12.8. The Labute approximate surface area is 132 Å². The van der Waals surface area contributed by atoms with E-state index in [4.69, 9.17) is 16.2 Å². The number of aromatic hydroxyl groups is 2. The highest BCUT2D eigenvalue weighted by atomic mass is 16.4. The summed E-state index contributed by atoms with van der Waals surface area (Å²) in [5, 5.41) is 40.8. The highest BCUT2D eigenvalue weighted by Gasteiger charge is 2.28. The molecule has 126 valence electrons.